The number of nitrogens with two attached hydrogens (primary N) is 1. The molecule has 1 unspecified atom stereocenters. The van der Waals surface area contributed by atoms with Gasteiger partial charge in [-0.2, -0.15) is 0 Å². The molecule has 0 spiro atoms. The molecule has 0 aliphatic heterocycles. The van der Waals surface area contributed by atoms with Gasteiger partial charge in [-0.3, -0.25) is 4.79 Å². The standard InChI is InChI=1S/C15H22N2OS/c1-11-5-3-4-6-13(11)19-9-14(18)17-15(2,10-16)12-7-8-12/h3-6,12H,7-10,16H2,1-2H3,(H,17,18). The Morgan fingerprint density at radius 3 is 2.74 bits per heavy atom. The largest absolute Gasteiger partial charge is 0.349 e. The highest BCUT2D eigenvalue weighted by Crippen LogP contribution is 2.39. The van der Waals surface area contributed by atoms with Crippen molar-refractivity contribution in [3.05, 3.63) is 29.8 Å². The Kier molecular flexibility index (Phi) is 4.53. The highest BCUT2D eigenvalue weighted by atomic mass is 32.2. The minimum atomic E-state index is -0.219. The summed E-state index contributed by atoms with van der Waals surface area (Å²) in [5.41, 5.74) is 6.80. The third kappa shape index (κ3) is 3.74. The summed E-state index contributed by atoms with van der Waals surface area (Å²) in [4.78, 5) is 13.2. The van der Waals surface area contributed by atoms with Gasteiger partial charge in [0.2, 0.25) is 5.91 Å². The zero-order valence-electron chi connectivity index (χ0n) is 11.6. The maximum Gasteiger partial charge on any atom is 0.230 e. The van der Waals surface area contributed by atoms with Crippen molar-refractivity contribution in [3.8, 4) is 0 Å². The van der Waals surface area contributed by atoms with Crippen LogP contribution in [0, 0.1) is 12.8 Å². The first kappa shape index (κ1) is 14.4. The van der Waals surface area contributed by atoms with E-state index in [0.29, 0.717) is 18.2 Å². The second kappa shape index (κ2) is 5.97. The van der Waals surface area contributed by atoms with Crippen molar-refractivity contribution in [1.82, 2.24) is 5.32 Å². The van der Waals surface area contributed by atoms with Crippen LogP contribution in [-0.2, 0) is 4.79 Å². The van der Waals surface area contributed by atoms with E-state index in [1.54, 1.807) is 11.8 Å². The normalized spacial score (nSPS) is 17.8. The van der Waals surface area contributed by atoms with E-state index in [1.807, 2.05) is 12.1 Å². The predicted molar refractivity (Wildman–Crippen MR) is 80.2 cm³/mol. The Morgan fingerprint density at radius 2 is 2.16 bits per heavy atom. The molecule has 0 radical (unpaired) electrons. The van der Waals surface area contributed by atoms with E-state index >= 15 is 0 Å². The number of aryl methyl sites for hydroxylation is 1. The summed E-state index contributed by atoms with van der Waals surface area (Å²) in [5, 5.41) is 3.11. The number of carbonyl (C=O) groups is 1. The van der Waals surface area contributed by atoms with Crippen molar-refractivity contribution in [3.63, 3.8) is 0 Å². The van der Waals surface area contributed by atoms with Gasteiger partial charge in [-0.1, -0.05) is 18.2 Å². The number of hydrogen-bond acceptors (Lipinski definition) is 3. The highest BCUT2D eigenvalue weighted by Gasteiger charge is 2.41. The second-order valence-corrected chi connectivity index (χ2v) is 6.52. The summed E-state index contributed by atoms with van der Waals surface area (Å²) >= 11 is 1.59. The molecule has 0 bridgehead atoms. The number of amides is 1. The monoisotopic (exact) mass is 278 g/mol. The molecule has 0 aromatic heterocycles. The number of nitrogens with one attached hydrogen (secondary N) is 1. The minimum absolute atomic E-state index is 0.0769. The van der Waals surface area contributed by atoms with Crippen LogP contribution >= 0.6 is 11.8 Å². The van der Waals surface area contributed by atoms with Gasteiger partial charge in [0, 0.05) is 11.4 Å². The molecule has 104 valence electrons. The molecule has 1 saturated carbocycles. The number of hydrogen-bond donors (Lipinski definition) is 2. The van der Waals surface area contributed by atoms with E-state index in [2.05, 4.69) is 31.3 Å². The quantitative estimate of drug-likeness (QED) is 0.785. The molecule has 1 aromatic carbocycles. The smallest absolute Gasteiger partial charge is 0.230 e. The lowest BCUT2D eigenvalue weighted by Crippen LogP contribution is -2.53. The van der Waals surface area contributed by atoms with Gasteiger partial charge >= 0.3 is 0 Å². The average molecular weight is 278 g/mol. The Bertz CT molecular complexity index is 459. The van der Waals surface area contributed by atoms with Crippen LogP contribution in [-0.4, -0.2) is 23.7 Å². The summed E-state index contributed by atoms with van der Waals surface area (Å²) < 4.78 is 0. The van der Waals surface area contributed by atoms with Crippen molar-refractivity contribution >= 4 is 17.7 Å². The molecule has 0 saturated heterocycles. The van der Waals surface area contributed by atoms with E-state index < -0.39 is 0 Å². The number of carbonyl (C=O) groups excluding carboxylic acids is 1. The van der Waals surface area contributed by atoms with Crippen molar-refractivity contribution in [2.75, 3.05) is 12.3 Å². The molecule has 2 rings (SSSR count). The van der Waals surface area contributed by atoms with Crippen LogP contribution in [0.5, 0.6) is 0 Å². The SMILES string of the molecule is Cc1ccccc1SCC(=O)NC(C)(CN)C1CC1. The molecule has 1 atom stereocenters. The first-order valence-corrected chi connectivity index (χ1v) is 7.73. The first-order chi connectivity index (χ1) is 9.05. The fraction of sp³-hybridized carbons (Fsp3) is 0.533. The number of benzene rings is 1. The molecular formula is C15H22N2OS. The Balaban J connectivity index is 1.86. The molecule has 4 heteroatoms. The summed E-state index contributed by atoms with van der Waals surface area (Å²) in [6.45, 7) is 4.63. The van der Waals surface area contributed by atoms with E-state index in [9.17, 15) is 4.79 Å². The van der Waals surface area contributed by atoms with Crippen LogP contribution in [0.3, 0.4) is 0 Å². The van der Waals surface area contributed by atoms with E-state index in [-0.39, 0.29) is 11.4 Å². The fourth-order valence-electron chi connectivity index (χ4n) is 2.26. The molecule has 1 amide bonds. The van der Waals surface area contributed by atoms with Gasteiger partial charge in [0.05, 0.1) is 11.3 Å². The minimum Gasteiger partial charge on any atom is -0.349 e. The zero-order chi connectivity index (χ0) is 13.9. The van der Waals surface area contributed by atoms with Gasteiger partial charge in [-0.15, -0.1) is 11.8 Å². The van der Waals surface area contributed by atoms with E-state index in [1.165, 1.54) is 23.3 Å². The molecule has 1 aliphatic carbocycles. The molecule has 1 aliphatic rings. The van der Waals surface area contributed by atoms with Gasteiger partial charge in [-0.05, 0) is 44.2 Å². The van der Waals surface area contributed by atoms with Crippen LogP contribution in [0.4, 0.5) is 0 Å². The van der Waals surface area contributed by atoms with Crippen molar-refractivity contribution in [2.45, 2.75) is 37.1 Å². The van der Waals surface area contributed by atoms with Gasteiger partial charge < -0.3 is 11.1 Å². The van der Waals surface area contributed by atoms with Crippen LogP contribution in [0.1, 0.15) is 25.3 Å². The van der Waals surface area contributed by atoms with Crippen molar-refractivity contribution in [1.29, 1.82) is 0 Å². The lowest BCUT2D eigenvalue weighted by molar-refractivity contribution is -0.120. The first-order valence-electron chi connectivity index (χ1n) is 6.74. The maximum absolute atomic E-state index is 12.0. The van der Waals surface area contributed by atoms with Crippen molar-refractivity contribution in [2.24, 2.45) is 11.7 Å². The molecule has 1 aromatic rings. The van der Waals surface area contributed by atoms with Crippen LogP contribution < -0.4 is 11.1 Å². The average Bonchev–Trinajstić information content (AvgIpc) is 3.22. The lowest BCUT2D eigenvalue weighted by atomic mass is 9.96. The highest BCUT2D eigenvalue weighted by molar-refractivity contribution is 8.00. The van der Waals surface area contributed by atoms with Gasteiger partial charge in [0.25, 0.3) is 0 Å². The summed E-state index contributed by atoms with van der Waals surface area (Å²) in [6, 6.07) is 8.13. The third-order valence-corrected chi connectivity index (χ3v) is 4.96. The van der Waals surface area contributed by atoms with Gasteiger partial charge in [0.1, 0.15) is 0 Å². The van der Waals surface area contributed by atoms with Gasteiger partial charge in [0.15, 0.2) is 0 Å². The third-order valence-electron chi connectivity index (χ3n) is 3.78. The summed E-state index contributed by atoms with van der Waals surface area (Å²) in [5.74, 6) is 1.09. The van der Waals surface area contributed by atoms with E-state index in [4.69, 9.17) is 5.73 Å². The summed E-state index contributed by atoms with van der Waals surface area (Å²) in [6.07, 6.45) is 2.36. The Hall–Kier alpha value is -1.00. The molecule has 3 nitrogen and oxygen atoms in total. The summed E-state index contributed by atoms with van der Waals surface area (Å²) in [7, 11) is 0. The maximum atomic E-state index is 12.0. The lowest BCUT2D eigenvalue weighted by Gasteiger charge is -2.29. The fourth-order valence-corrected chi connectivity index (χ4v) is 3.09. The second-order valence-electron chi connectivity index (χ2n) is 5.50. The Morgan fingerprint density at radius 1 is 1.47 bits per heavy atom. The topological polar surface area (TPSA) is 55.1 Å². The van der Waals surface area contributed by atoms with Crippen molar-refractivity contribution < 1.29 is 4.79 Å². The molecule has 0 heterocycles. The molecule has 1 fully saturated rings. The van der Waals surface area contributed by atoms with Crippen LogP contribution in [0.15, 0.2) is 29.2 Å². The molecule has 19 heavy (non-hydrogen) atoms. The van der Waals surface area contributed by atoms with Gasteiger partial charge in [-0.25, -0.2) is 0 Å². The van der Waals surface area contributed by atoms with Crippen LogP contribution in [0.25, 0.3) is 0 Å². The predicted octanol–water partition coefficient (Wildman–Crippen LogP) is 2.33. The van der Waals surface area contributed by atoms with E-state index in [0.717, 1.165) is 0 Å². The zero-order valence-corrected chi connectivity index (χ0v) is 12.4. The Labute approximate surface area is 119 Å². The number of thioether (sulfide) groups is 1. The van der Waals surface area contributed by atoms with Crippen LogP contribution in [0.2, 0.25) is 0 Å². The molecular weight excluding hydrogens is 256 g/mol. The number of rotatable bonds is 6. The molecule has 3 N–H and O–H groups in total.